The summed E-state index contributed by atoms with van der Waals surface area (Å²) in [6.45, 7) is 6.00. The lowest BCUT2D eigenvalue weighted by molar-refractivity contribution is -0.117. The zero-order valence-electron chi connectivity index (χ0n) is 19.1. The summed E-state index contributed by atoms with van der Waals surface area (Å²) < 4.78 is 4.50. The Balaban J connectivity index is 0.000000970. The van der Waals surface area contributed by atoms with Gasteiger partial charge in [-0.2, -0.15) is 0 Å². The number of nitrogens with zero attached hydrogens (tertiary/aromatic N) is 1. The predicted molar refractivity (Wildman–Crippen MR) is 146 cm³/mol. The monoisotopic (exact) mass is 581 g/mol. The molecule has 0 radical (unpaired) electrons. The second-order valence-electron chi connectivity index (χ2n) is 6.66. The van der Waals surface area contributed by atoms with Crippen LogP contribution in [-0.4, -0.2) is 24.2 Å². The normalized spacial score (nSPS) is 12.0. The van der Waals surface area contributed by atoms with Crippen LogP contribution in [0, 0.1) is 6.92 Å². The molecule has 1 aromatic heterocycles. The van der Waals surface area contributed by atoms with Gasteiger partial charge in [-0.05, 0) is 77.8 Å². The van der Waals surface area contributed by atoms with Gasteiger partial charge in [-0.3, -0.25) is 14.3 Å². The number of fused-ring (bicyclic) bond motifs is 1. The van der Waals surface area contributed by atoms with Crippen molar-refractivity contribution in [2.75, 3.05) is 16.6 Å². The number of anilines is 2. The van der Waals surface area contributed by atoms with E-state index in [0.717, 1.165) is 19.8 Å². The van der Waals surface area contributed by atoms with E-state index in [4.69, 9.17) is 0 Å². The van der Waals surface area contributed by atoms with Gasteiger partial charge in [0.1, 0.15) is 0 Å². The Hall–Kier alpha value is -2.33. The van der Waals surface area contributed by atoms with E-state index in [-0.39, 0.29) is 24.3 Å². The molecule has 2 N–H and O–H groups in total. The number of aryl methyl sites for hydroxylation is 1. The van der Waals surface area contributed by atoms with Crippen LogP contribution in [0.3, 0.4) is 0 Å². The van der Waals surface area contributed by atoms with Gasteiger partial charge in [0.2, 0.25) is 5.91 Å². The Kier molecular flexibility index (Phi) is 11.1. The van der Waals surface area contributed by atoms with E-state index in [1.807, 2.05) is 38.3 Å². The summed E-state index contributed by atoms with van der Waals surface area (Å²) in [4.78, 5) is 38.7. The third kappa shape index (κ3) is 7.09. The third-order valence-electron chi connectivity index (χ3n) is 4.43. The van der Waals surface area contributed by atoms with Crippen LogP contribution in [0.15, 0.2) is 62.6 Å². The fraction of sp³-hybridized carbons (Fsp3) is 0.208. The lowest BCUT2D eigenvalue weighted by Gasteiger charge is -2.27. The van der Waals surface area contributed by atoms with E-state index in [0.29, 0.717) is 16.9 Å². The summed E-state index contributed by atoms with van der Waals surface area (Å²) in [5.74, 6) is -0.639. The Bertz CT molecular complexity index is 1150. The maximum Gasteiger partial charge on any atom is 0.329 e. The van der Waals surface area contributed by atoms with Crippen LogP contribution < -0.4 is 14.9 Å². The first kappa shape index (κ1) is 27.9. The molecular weight excluding hydrogens is 558 g/mol. The van der Waals surface area contributed by atoms with Gasteiger partial charge in [-0.1, -0.05) is 35.8 Å². The standard InChI is InChI=1S/C21H16BrN3O3S2.C2H6.CH3Cl/c1-12-8-19(29-11-12)30-24-21(28)23-15-4-6-16(7-5-15)25-18(26)9-13-2-3-14(22)10-17(13)20(25)27;2*1-2/h2-8,10-11H,9H2,1H3,(H2,23,24,28);1-2H3;1H3. The summed E-state index contributed by atoms with van der Waals surface area (Å²) in [7, 11) is 0. The van der Waals surface area contributed by atoms with Gasteiger partial charge < -0.3 is 5.32 Å². The molecule has 1 aliphatic rings. The van der Waals surface area contributed by atoms with Crippen molar-refractivity contribution < 1.29 is 14.4 Å². The van der Waals surface area contributed by atoms with Crippen LogP contribution in [0.1, 0.15) is 35.3 Å². The molecule has 4 amide bonds. The van der Waals surface area contributed by atoms with Crippen molar-refractivity contribution in [3.05, 3.63) is 75.1 Å². The average molecular weight is 583 g/mol. The molecule has 34 heavy (non-hydrogen) atoms. The number of nitrogens with one attached hydrogen (secondary N) is 2. The van der Waals surface area contributed by atoms with E-state index >= 15 is 0 Å². The van der Waals surface area contributed by atoms with Crippen LogP contribution in [0.25, 0.3) is 0 Å². The van der Waals surface area contributed by atoms with Crippen molar-refractivity contribution in [2.45, 2.75) is 31.4 Å². The van der Waals surface area contributed by atoms with Crippen molar-refractivity contribution in [2.24, 2.45) is 0 Å². The maximum absolute atomic E-state index is 12.9. The van der Waals surface area contributed by atoms with Crippen LogP contribution >= 0.6 is 50.8 Å². The largest absolute Gasteiger partial charge is 0.329 e. The molecule has 0 aliphatic carbocycles. The highest BCUT2D eigenvalue weighted by Gasteiger charge is 2.32. The topological polar surface area (TPSA) is 78.5 Å². The van der Waals surface area contributed by atoms with E-state index < -0.39 is 0 Å². The van der Waals surface area contributed by atoms with E-state index in [9.17, 15) is 14.4 Å². The Morgan fingerprint density at radius 1 is 1.09 bits per heavy atom. The fourth-order valence-corrected chi connectivity index (χ4v) is 4.98. The molecule has 2 aromatic carbocycles. The molecule has 0 saturated carbocycles. The number of alkyl halides is 1. The van der Waals surface area contributed by atoms with E-state index in [2.05, 4.69) is 37.6 Å². The molecule has 0 saturated heterocycles. The van der Waals surface area contributed by atoms with Crippen molar-refractivity contribution >= 4 is 80.0 Å². The maximum atomic E-state index is 12.9. The number of thiophene rings is 1. The van der Waals surface area contributed by atoms with Gasteiger partial charge in [-0.25, -0.2) is 9.69 Å². The molecule has 0 fully saturated rings. The smallest absolute Gasteiger partial charge is 0.307 e. The van der Waals surface area contributed by atoms with Crippen LogP contribution in [0.2, 0.25) is 0 Å². The molecule has 0 spiro atoms. The lowest BCUT2D eigenvalue weighted by Crippen LogP contribution is -2.42. The first-order chi connectivity index (χ1) is 16.4. The molecule has 10 heteroatoms. The summed E-state index contributed by atoms with van der Waals surface area (Å²) in [6.07, 6.45) is 1.64. The number of halogens is 2. The Labute approximate surface area is 221 Å². The molecule has 180 valence electrons. The summed E-state index contributed by atoms with van der Waals surface area (Å²) in [6, 6.07) is 13.6. The van der Waals surface area contributed by atoms with E-state index in [1.54, 1.807) is 47.7 Å². The lowest BCUT2D eigenvalue weighted by atomic mass is 9.98. The number of rotatable bonds is 4. The quantitative estimate of drug-likeness (QED) is 0.193. The highest BCUT2D eigenvalue weighted by atomic mass is 79.9. The first-order valence-electron chi connectivity index (χ1n) is 10.3. The fourth-order valence-electron chi connectivity index (χ4n) is 3.04. The molecule has 2 heterocycles. The van der Waals surface area contributed by atoms with Gasteiger partial charge >= 0.3 is 6.03 Å². The second-order valence-corrected chi connectivity index (χ2v) is 9.59. The number of carbonyl (C=O) groups excluding carboxylic acids is 3. The Morgan fingerprint density at radius 2 is 1.76 bits per heavy atom. The van der Waals surface area contributed by atoms with Crippen molar-refractivity contribution in [1.29, 1.82) is 0 Å². The minimum Gasteiger partial charge on any atom is -0.307 e. The number of benzene rings is 2. The van der Waals surface area contributed by atoms with Gasteiger partial charge in [0.15, 0.2) is 0 Å². The molecular formula is C24H25BrClN3O3S2. The molecule has 6 nitrogen and oxygen atoms in total. The van der Waals surface area contributed by atoms with Crippen molar-refractivity contribution in [3.8, 4) is 0 Å². The van der Waals surface area contributed by atoms with E-state index in [1.165, 1.54) is 23.2 Å². The molecule has 0 atom stereocenters. The van der Waals surface area contributed by atoms with Crippen LogP contribution in [0.4, 0.5) is 16.2 Å². The molecule has 4 rings (SSSR count). The van der Waals surface area contributed by atoms with Gasteiger partial charge in [0.05, 0.1) is 16.3 Å². The molecule has 3 aromatic rings. The number of urea groups is 1. The molecule has 0 bridgehead atoms. The summed E-state index contributed by atoms with van der Waals surface area (Å²) in [5.41, 5.74) is 3.39. The Morgan fingerprint density at radius 3 is 2.38 bits per heavy atom. The number of carbonyl (C=O) groups is 3. The highest BCUT2D eigenvalue weighted by Crippen LogP contribution is 2.28. The minimum absolute atomic E-state index is 0.163. The van der Waals surface area contributed by atoms with Gasteiger partial charge in [0.25, 0.3) is 5.91 Å². The number of imide groups is 1. The second kappa shape index (κ2) is 13.5. The number of hydrogen-bond acceptors (Lipinski definition) is 5. The van der Waals surface area contributed by atoms with Crippen LogP contribution in [-0.2, 0) is 11.2 Å². The molecule has 1 aliphatic heterocycles. The average Bonchev–Trinajstić information content (AvgIpc) is 3.27. The summed E-state index contributed by atoms with van der Waals surface area (Å²) in [5, 5.41) is 4.75. The summed E-state index contributed by atoms with van der Waals surface area (Å²) >= 11 is 10.8. The number of amides is 4. The SMILES string of the molecule is CC.CCl.Cc1csc(SNC(=O)Nc2ccc(N3C(=O)Cc4ccc(Br)cc4C3=O)cc2)c1. The van der Waals surface area contributed by atoms with Gasteiger partial charge in [0, 0.05) is 22.1 Å². The zero-order chi connectivity index (χ0) is 25.3. The van der Waals surface area contributed by atoms with Gasteiger partial charge in [-0.15, -0.1) is 22.9 Å². The zero-order valence-corrected chi connectivity index (χ0v) is 23.1. The van der Waals surface area contributed by atoms with Crippen molar-refractivity contribution in [1.82, 2.24) is 4.72 Å². The minimum atomic E-state index is -0.359. The highest BCUT2D eigenvalue weighted by molar-refractivity contribution is 9.10. The molecule has 0 unspecified atom stereocenters. The number of hydrogen-bond donors (Lipinski definition) is 2. The third-order valence-corrected chi connectivity index (χ3v) is 6.91. The first-order valence-corrected chi connectivity index (χ1v) is 13.6. The predicted octanol–water partition coefficient (Wildman–Crippen LogP) is 7.26. The van der Waals surface area contributed by atoms with Crippen LogP contribution in [0.5, 0.6) is 0 Å². The van der Waals surface area contributed by atoms with Crippen molar-refractivity contribution in [3.63, 3.8) is 0 Å².